The summed E-state index contributed by atoms with van der Waals surface area (Å²) in [5, 5.41) is 5.49. The molecular weight excluding hydrogens is 919 g/mol. The van der Waals surface area contributed by atoms with Gasteiger partial charge in [0.15, 0.2) is 18.1 Å². The number of hydrogen-bond donors (Lipinski definition) is 1. The first-order valence-corrected chi connectivity index (χ1v) is 19.8. The fraction of sp³-hybridized carbons (Fsp3) is 0.389. The minimum absolute atomic E-state index is 0.198. The minimum atomic E-state index is -7.23. The second-order valence-electron chi connectivity index (χ2n) is 14.7. The summed E-state index contributed by atoms with van der Waals surface area (Å²) in [6.07, 6.45) is -8.32. The van der Waals surface area contributed by atoms with Crippen LogP contribution in [0.3, 0.4) is 0 Å². The van der Waals surface area contributed by atoms with Crippen molar-refractivity contribution in [1.29, 1.82) is 0 Å². The van der Waals surface area contributed by atoms with Crippen molar-refractivity contribution in [2.24, 2.45) is 7.05 Å². The van der Waals surface area contributed by atoms with Crippen LogP contribution in [-0.2, 0) is 33.0 Å². The quantitative estimate of drug-likeness (QED) is 0.123. The van der Waals surface area contributed by atoms with Gasteiger partial charge in [-0.2, -0.15) is 53.9 Å². The number of rotatable bonds is 12. The Morgan fingerprint density at radius 2 is 1.52 bits per heavy atom. The summed E-state index contributed by atoms with van der Waals surface area (Å²) in [5.41, 5.74) is -3.94. The number of nitrogens with zero attached hydrogens (tertiary/aromatic N) is 6. The molecule has 0 aliphatic carbocycles. The van der Waals surface area contributed by atoms with Crippen molar-refractivity contribution < 1.29 is 75.8 Å². The first-order valence-electron chi connectivity index (χ1n) is 17.6. The molecule has 0 saturated carbocycles. The number of sulfonamides is 1. The van der Waals surface area contributed by atoms with Crippen LogP contribution in [0.2, 0.25) is 5.02 Å². The van der Waals surface area contributed by atoms with Crippen LogP contribution in [0.15, 0.2) is 47.3 Å². The van der Waals surface area contributed by atoms with Gasteiger partial charge in [0.2, 0.25) is 21.8 Å². The number of aromatic nitrogens is 5. The summed E-state index contributed by atoms with van der Waals surface area (Å²) < 4.78 is 189. The molecule has 0 saturated heterocycles. The van der Waals surface area contributed by atoms with E-state index in [1.807, 2.05) is 0 Å². The van der Waals surface area contributed by atoms with E-state index in [1.54, 1.807) is 0 Å². The Hall–Kier alpha value is -5.79. The molecule has 2 amide bonds. The number of aryl methyl sites for hydroxylation is 1. The third-order valence-corrected chi connectivity index (χ3v) is 10.1. The highest BCUT2D eigenvalue weighted by Gasteiger charge is 2.82. The van der Waals surface area contributed by atoms with Gasteiger partial charge in [-0.1, -0.05) is 11.6 Å². The average Bonchev–Trinajstić information content (AvgIpc) is 3.44. The summed E-state index contributed by atoms with van der Waals surface area (Å²) in [7, 11) is -3.17. The van der Waals surface area contributed by atoms with Crippen LogP contribution in [0, 0.1) is 11.6 Å². The normalized spacial score (nSPS) is 13.6. The Morgan fingerprint density at radius 3 is 2.06 bits per heavy atom. The molecule has 0 aliphatic rings. The number of carbonyl (C=O) groups excluding carboxylic acids is 2. The number of carbonyl (C=O) groups is 2. The van der Waals surface area contributed by atoms with Crippen LogP contribution in [0.25, 0.3) is 27.6 Å². The second kappa shape index (κ2) is 16.4. The van der Waals surface area contributed by atoms with Gasteiger partial charge < -0.3 is 14.8 Å². The van der Waals surface area contributed by atoms with Crippen molar-refractivity contribution in [2.75, 3.05) is 17.2 Å². The van der Waals surface area contributed by atoms with E-state index >= 15 is 0 Å². The lowest BCUT2D eigenvalue weighted by Crippen LogP contribution is -2.62. The number of hydrogen-bond acceptors (Lipinski definition) is 10. The van der Waals surface area contributed by atoms with E-state index < -0.39 is 116 Å². The van der Waals surface area contributed by atoms with E-state index in [9.17, 15) is 71.1 Å². The first kappa shape index (κ1) is 48.2. The van der Waals surface area contributed by atoms with Crippen molar-refractivity contribution in [3.63, 3.8) is 0 Å². The molecule has 1 N–H and O–H groups in total. The van der Waals surface area contributed by atoms with Crippen molar-refractivity contribution >= 4 is 61.4 Å². The lowest BCUT2D eigenvalue weighted by molar-refractivity contribution is -0.398. The van der Waals surface area contributed by atoms with Gasteiger partial charge in [-0.3, -0.25) is 18.8 Å². The maximum absolute atomic E-state index is 14.7. The predicted molar refractivity (Wildman–Crippen MR) is 201 cm³/mol. The van der Waals surface area contributed by atoms with E-state index in [1.165, 1.54) is 33.9 Å². The molecule has 0 aliphatic heterocycles. The zero-order valence-electron chi connectivity index (χ0n) is 33.0. The Kier molecular flexibility index (Phi) is 12.6. The van der Waals surface area contributed by atoms with E-state index in [-0.39, 0.29) is 27.2 Å². The number of alkyl carbamates (subject to hydrolysis) is 1. The van der Waals surface area contributed by atoms with Gasteiger partial charge in [-0.25, -0.2) is 27.0 Å². The van der Waals surface area contributed by atoms with Crippen molar-refractivity contribution in [1.82, 2.24) is 29.6 Å². The minimum Gasteiger partial charge on any atom is -0.471 e. The largest absolute Gasteiger partial charge is 0.471 e. The smallest absolute Gasteiger partial charge is 0.460 e. The molecule has 0 bridgehead atoms. The van der Waals surface area contributed by atoms with Crippen LogP contribution in [0.1, 0.15) is 45.1 Å². The molecule has 5 rings (SSSR count). The molecule has 3 aromatic heterocycles. The van der Waals surface area contributed by atoms with Gasteiger partial charge in [0.05, 0.1) is 39.3 Å². The lowest BCUT2D eigenvalue weighted by atomic mass is 10.0. The number of pyridine rings is 1. The highest BCUT2D eigenvalue weighted by atomic mass is 35.5. The van der Waals surface area contributed by atoms with Gasteiger partial charge in [-0.05, 0) is 56.7 Å². The number of anilines is 1. The summed E-state index contributed by atoms with van der Waals surface area (Å²) in [6, 6.07) is 4.02. The molecule has 27 heteroatoms. The molecule has 342 valence electrons. The first-order chi connectivity index (χ1) is 28.7. The van der Waals surface area contributed by atoms with Gasteiger partial charge in [0.1, 0.15) is 23.1 Å². The standard InChI is InChI=1S/C36H31ClF11N7O7S/c1-16(56)55(63(6,59)60)29-25-21(37)8-9-23(26(25)53(5)52-29)54-28(22(49-31(58)62-32(2,3)4)13-17-11-18(38)14-19(39)12-17)51-27-20(30(54)57)7-10-24(50-27)61-15-33(40,41)34(42,43)35(44,45)36(46,47)48/h7-12,14,22H,13,15H2,1-6H3,(H,49,58)/t22-/m0/s1. The second-order valence-corrected chi connectivity index (χ2v) is 17.0. The highest BCUT2D eigenvalue weighted by Crippen LogP contribution is 2.53. The van der Waals surface area contributed by atoms with E-state index in [4.69, 9.17) is 16.3 Å². The van der Waals surface area contributed by atoms with Gasteiger partial charge in [0, 0.05) is 32.5 Å². The van der Waals surface area contributed by atoms with Crippen molar-refractivity contribution in [3.8, 4) is 11.6 Å². The predicted octanol–water partition coefficient (Wildman–Crippen LogP) is 7.57. The Bertz CT molecular complexity index is 2790. The third-order valence-electron chi connectivity index (χ3n) is 8.66. The fourth-order valence-corrected chi connectivity index (χ4v) is 7.24. The maximum atomic E-state index is 14.7. The van der Waals surface area contributed by atoms with Crippen LogP contribution in [0.4, 0.5) is 58.9 Å². The summed E-state index contributed by atoms with van der Waals surface area (Å²) in [4.78, 5) is 48.7. The van der Waals surface area contributed by atoms with Gasteiger partial charge in [0.25, 0.3) is 5.56 Å². The summed E-state index contributed by atoms with van der Waals surface area (Å²) >= 11 is 6.54. The van der Waals surface area contributed by atoms with Crippen LogP contribution >= 0.6 is 11.6 Å². The van der Waals surface area contributed by atoms with E-state index in [0.717, 1.165) is 40.4 Å². The average molecular weight is 950 g/mol. The molecule has 2 aromatic carbocycles. The number of fused-ring (bicyclic) bond motifs is 2. The maximum Gasteiger partial charge on any atom is 0.460 e. The van der Waals surface area contributed by atoms with Crippen LogP contribution in [0.5, 0.6) is 5.88 Å². The molecule has 0 unspecified atom stereocenters. The summed E-state index contributed by atoms with van der Waals surface area (Å²) in [5.74, 6) is -26.1. The van der Waals surface area contributed by atoms with Crippen molar-refractivity contribution in [3.05, 3.63) is 80.9 Å². The molecule has 0 fully saturated rings. The fourth-order valence-electron chi connectivity index (χ4n) is 6.10. The third kappa shape index (κ3) is 9.45. The molecule has 0 radical (unpaired) electrons. The molecular formula is C36H31ClF11N7O7S. The monoisotopic (exact) mass is 949 g/mol. The Morgan fingerprint density at radius 1 is 0.921 bits per heavy atom. The van der Waals surface area contributed by atoms with E-state index in [0.29, 0.717) is 22.7 Å². The summed E-state index contributed by atoms with van der Waals surface area (Å²) in [6.45, 7) is 2.43. The van der Waals surface area contributed by atoms with Gasteiger partial charge >= 0.3 is 30.0 Å². The topological polar surface area (TPSA) is 168 Å². The number of benzene rings is 2. The van der Waals surface area contributed by atoms with Crippen molar-refractivity contribution in [2.45, 2.75) is 69.7 Å². The number of ether oxygens (including phenoxy) is 2. The zero-order valence-corrected chi connectivity index (χ0v) is 34.6. The lowest BCUT2D eigenvalue weighted by Gasteiger charge is -2.33. The van der Waals surface area contributed by atoms with E-state index in [2.05, 4.69) is 25.1 Å². The molecule has 0 spiro atoms. The molecule has 5 aromatic rings. The number of halogens is 12. The number of nitrogens with one attached hydrogen (secondary N) is 1. The highest BCUT2D eigenvalue weighted by molar-refractivity contribution is 7.92. The number of alkyl halides is 9. The number of amides is 2. The van der Waals surface area contributed by atoms with Crippen LogP contribution in [-0.4, -0.2) is 87.1 Å². The molecule has 1 atom stereocenters. The van der Waals surface area contributed by atoms with Crippen LogP contribution < -0.4 is 19.9 Å². The molecule has 14 nitrogen and oxygen atoms in total. The zero-order chi connectivity index (χ0) is 47.6. The Balaban J connectivity index is 1.82. The molecule has 63 heavy (non-hydrogen) atoms. The van der Waals surface area contributed by atoms with Gasteiger partial charge in [-0.15, -0.1) is 0 Å². The SMILES string of the molecule is CC(=O)N(c1nn(C)c2c(-n3c([C@H](Cc4cc(F)cc(F)c4)NC(=O)OC(C)(C)C)nc4nc(OCC(F)(F)C(F)(F)C(F)(F)C(F)(F)F)ccc4c3=O)ccc(Cl)c12)S(C)(=O)=O. The molecule has 3 heterocycles. The Labute approximate surface area is 352 Å².